The Kier molecular flexibility index (Phi) is 21.0. The third-order valence-electron chi connectivity index (χ3n) is 16.9. The molecule has 0 unspecified atom stereocenters. The third-order valence-corrected chi connectivity index (χ3v) is 16.9. The van der Waals surface area contributed by atoms with Crippen LogP contribution in [0.15, 0.2) is 133 Å². The van der Waals surface area contributed by atoms with E-state index >= 15 is 0 Å². The predicted octanol–water partition coefficient (Wildman–Crippen LogP) is 25.3. The highest BCUT2D eigenvalue weighted by molar-refractivity contribution is 5.84. The minimum Gasteiger partial charge on any atom is -0.299 e. The number of allylic oxidation sites excluding steroid dienone is 1. The summed E-state index contributed by atoms with van der Waals surface area (Å²) in [5, 5.41) is 0. The molecule has 0 aliphatic carbocycles. The van der Waals surface area contributed by atoms with Crippen LogP contribution in [0.1, 0.15) is 283 Å². The highest BCUT2D eigenvalue weighted by atomic mass is 16.1. The molecule has 7 aromatic rings. The van der Waals surface area contributed by atoms with Crippen LogP contribution in [-0.2, 0) is 48.1 Å². The first-order chi connectivity index (χ1) is 41.5. The molecule has 0 saturated carbocycles. The van der Waals surface area contributed by atoms with Gasteiger partial charge in [0.05, 0.1) is 0 Å². The first-order valence-electron chi connectivity index (χ1n) is 32.8. The van der Waals surface area contributed by atoms with Gasteiger partial charge in [0.15, 0.2) is 0 Å². The Labute approximate surface area is 546 Å². The Hall–Kier alpha value is -7.61. The fourth-order valence-electron chi connectivity index (χ4n) is 10.7. The van der Waals surface area contributed by atoms with Crippen molar-refractivity contribution in [3.63, 3.8) is 0 Å². The summed E-state index contributed by atoms with van der Waals surface area (Å²) in [6, 6.07) is 48.5. The Morgan fingerprint density at radius 3 is 0.389 bits per heavy atom. The largest absolute Gasteiger partial charge is 0.299 e. The molecule has 7 rings (SSSR count). The van der Waals surface area contributed by atoms with E-state index in [-0.39, 0.29) is 43.3 Å². The highest BCUT2D eigenvalue weighted by Gasteiger charge is 2.24. The summed E-state index contributed by atoms with van der Waals surface area (Å²) >= 11 is 0. The smallest absolute Gasteiger partial charge is 0.142 e. The van der Waals surface area contributed by atoms with Gasteiger partial charge in [0.2, 0.25) is 0 Å². The molecule has 0 fully saturated rings. The van der Waals surface area contributed by atoms with Crippen LogP contribution in [-0.4, -0.2) is 6.29 Å². The van der Waals surface area contributed by atoms with Crippen molar-refractivity contribution in [3.05, 3.63) is 250 Å². The Balaban J connectivity index is 1.33. The van der Waals surface area contributed by atoms with Crippen molar-refractivity contribution in [2.24, 2.45) is 0 Å². The van der Waals surface area contributed by atoms with Gasteiger partial charge < -0.3 is 0 Å². The van der Waals surface area contributed by atoms with E-state index in [2.05, 4.69) is 366 Å². The second-order valence-electron chi connectivity index (χ2n) is 33.7. The molecule has 0 aliphatic heterocycles. The summed E-state index contributed by atoms with van der Waals surface area (Å²) in [4.78, 5) is 11.8. The zero-order chi connectivity index (χ0) is 66.6. The van der Waals surface area contributed by atoms with E-state index in [4.69, 9.17) is 0 Å². The average molecular weight is 1190 g/mol. The van der Waals surface area contributed by atoms with Gasteiger partial charge in [-0.3, -0.25) is 4.79 Å². The van der Waals surface area contributed by atoms with Crippen molar-refractivity contribution in [2.75, 3.05) is 0 Å². The van der Waals surface area contributed by atoms with Crippen molar-refractivity contribution in [1.29, 1.82) is 0 Å². The zero-order valence-electron chi connectivity index (χ0n) is 59.7. The van der Waals surface area contributed by atoms with Gasteiger partial charge in [0.25, 0.3) is 0 Å². The fourth-order valence-corrected chi connectivity index (χ4v) is 10.7. The lowest BCUT2D eigenvalue weighted by Gasteiger charge is -2.25. The molecule has 0 bridgehead atoms. The van der Waals surface area contributed by atoms with Crippen LogP contribution in [0.25, 0.3) is 79.0 Å². The molecule has 0 aliphatic rings. The quantitative estimate of drug-likeness (QED) is 0.0603. The summed E-state index contributed by atoms with van der Waals surface area (Å²) in [5.41, 5.74) is 25.2. The van der Waals surface area contributed by atoms with Crippen LogP contribution in [0, 0.1) is 0 Å². The Bertz CT molecular complexity index is 3350. The van der Waals surface area contributed by atoms with Crippen molar-refractivity contribution in [1.82, 2.24) is 0 Å². The van der Waals surface area contributed by atoms with Gasteiger partial charge in [0, 0.05) is 0 Å². The zero-order valence-corrected chi connectivity index (χ0v) is 59.7. The van der Waals surface area contributed by atoms with Gasteiger partial charge in [-0.2, -0.15) is 0 Å². The number of hydrogen-bond donors (Lipinski definition) is 0. The van der Waals surface area contributed by atoms with E-state index in [0.29, 0.717) is 0 Å². The number of carbonyl (C=O) groups is 1. The molecule has 90 heavy (non-hydrogen) atoms. The van der Waals surface area contributed by atoms with E-state index < -0.39 is 0 Å². The maximum Gasteiger partial charge on any atom is 0.142 e. The van der Waals surface area contributed by atoms with Crippen molar-refractivity contribution >= 4 is 85.3 Å². The van der Waals surface area contributed by atoms with Crippen LogP contribution in [0.3, 0.4) is 0 Å². The standard InChI is InChI=1S/C89H108O/c1-82(2,3)74-49-70(50-75(57-74)83(4,5)6)35-31-66-43-64(44-67(47-66)32-36-71-51-76(84(7,8)9)58-77(52-71)85(10,11)12)29-27-62-40-61(26-25-39-90)41-63(42-62)28-30-65-45-68(33-37-72-53-78(86(13,14)15)59-79(54-72)87(16,17)18)48-69(46-65)34-38-73-55-80(88(19,20)21)60-81(56-73)89(22,23)24/h25-60H,1-24H3/b26-25+,29-27+,30-28+,35-31+,36-32+,37-33+,38-34+. The van der Waals surface area contributed by atoms with Crippen molar-refractivity contribution in [2.45, 2.75) is 209 Å². The molecule has 0 spiro atoms. The summed E-state index contributed by atoms with van der Waals surface area (Å²) in [5.74, 6) is 0. The normalized spacial score (nSPS) is 13.7. The highest BCUT2D eigenvalue weighted by Crippen LogP contribution is 2.36. The number of carbonyl (C=O) groups excluding carboxylic acids is 1. The van der Waals surface area contributed by atoms with Gasteiger partial charge in [-0.15, -0.1) is 0 Å². The average Bonchev–Trinajstić information content (AvgIpc) is 0.878. The predicted molar refractivity (Wildman–Crippen MR) is 403 cm³/mol. The summed E-state index contributed by atoms with van der Waals surface area (Å²) in [6.07, 6.45) is 31.3. The molecule has 0 heterocycles. The first kappa shape index (κ1) is 69.9. The SMILES string of the molecule is CC(C)(C)c1cc(/C=C/c2cc(/C=C/c3cc(/C=C/C=O)cc(/C=C/c4cc(/C=C/c5cc(C(C)(C)C)cc(C(C)(C)C)c5)cc(/C=C/c5cc(C(C)(C)C)cc(C(C)(C)C)c5)c4)c3)cc(/C=C/c3cc(C(C)(C)C)cc(C(C)(C)C)c3)c2)cc(C(C)(C)C)c1. The first-order valence-corrected chi connectivity index (χ1v) is 32.8. The topological polar surface area (TPSA) is 17.1 Å². The minimum absolute atomic E-state index is 0.0116. The lowest BCUT2D eigenvalue weighted by molar-refractivity contribution is -0.104. The molecular weight excluding hydrogens is 1080 g/mol. The van der Waals surface area contributed by atoms with E-state index in [1.807, 2.05) is 6.08 Å². The van der Waals surface area contributed by atoms with Crippen LogP contribution in [0.2, 0.25) is 0 Å². The maximum absolute atomic E-state index is 11.8. The molecule has 7 aromatic carbocycles. The summed E-state index contributed by atoms with van der Waals surface area (Å²) < 4.78 is 0. The van der Waals surface area contributed by atoms with Crippen LogP contribution >= 0.6 is 0 Å². The second-order valence-corrected chi connectivity index (χ2v) is 33.7. The molecule has 0 N–H and O–H groups in total. The Morgan fingerprint density at radius 2 is 0.278 bits per heavy atom. The van der Waals surface area contributed by atoms with E-state index in [0.717, 1.165) is 56.4 Å². The van der Waals surface area contributed by atoms with Gasteiger partial charge in [-0.1, -0.05) is 318 Å². The van der Waals surface area contributed by atoms with Crippen LogP contribution in [0.5, 0.6) is 0 Å². The number of aldehydes is 1. The monoisotopic (exact) mass is 1190 g/mol. The van der Waals surface area contributed by atoms with Gasteiger partial charge in [0.1, 0.15) is 6.29 Å². The van der Waals surface area contributed by atoms with E-state index in [1.165, 1.54) is 66.8 Å². The molecule has 1 nitrogen and oxygen atoms in total. The second kappa shape index (κ2) is 27.1. The maximum atomic E-state index is 11.8. The molecule has 1 heteroatoms. The van der Waals surface area contributed by atoms with Crippen molar-refractivity contribution < 1.29 is 4.79 Å². The fraction of sp³-hybridized carbons (Fsp3) is 0.360. The summed E-state index contributed by atoms with van der Waals surface area (Å²) in [7, 11) is 0. The van der Waals surface area contributed by atoms with Gasteiger partial charge in [-0.25, -0.2) is 0 Å². The molecule has 0 radical (unpaired) electrons. The molecule has 0 saturated heterocycles. The lowest BCUT2D eigenvalue weighted by Crippen LogP contribution is -2.16. The number of rotatable bonds is 14. The minimum atomic E-state index is 0.0116. The lowest BCUT2D eigenvalue weighted by atomic mass is 9.79. The Morgan fingerprint density at radius 1 is 0.167 bits per heavy atom. The summed E-state index contributed by atoms with van der Waals surface area (Å²) in [6.45, 7) is 55.1. The van der Waals surface area contributed by atoms with Gasteiger partial charge in [-0.05, 0) is 221 Å². The van der Waals surface area contributed by atoms with E-state index in [9.17, 15) is 4.79 Å². The van der Waals surface area contributed by atoms with Crippen LogP contribution in [0.4, 0.5) is 0 Å². The molecule has 470 valence electrons. The van der Waals surface area contributed by atoms with E-state index in [1.54, 1.807) is 6.08 Å². The molecule has 0 atom stereocenters. The number of benzene rings is 7. The van der Waals surface area contributed by atoms with Crippen LogP contribution < -0.4 is 0 Å². The molecule has 0 amide bonds. The number of hydrogen-bond acceptors (Lipinski definition) is 1. The third kappa shape index (κ3) is 20.2. The molecule has 0 aromatic heterocycles. The van der Waals surface area contributed by atoms with Crippen molar-refractivity contribution in [3.8, 4) is 0 Å². The van der Waals surface area contributed by atoms with Gasteiger partial charge >= 0.3 is 0 Å². The molecular formula is C89H108O.